The van der Waals surface area contributed by atoms with Gasteiger partial charge in [0.05, 0.1) is 29.1 Å². The van der Waals surface area contributed by atoms with Crippen LogP contribution in [0, 0.1) is 10.1 Å². The summed E-state index contributed by atoms with van der Waals surface area (Å²) in [6.45, 7) is 7.18. The van der Waals surface area contributed by atoms with Gasteiger partial charge in [0, 0.05) is 49.0 Å². The molecular weight excluding hydrogens is 602 g/mol. The van der Waals surface area contributed by atoms with Crippen LogP contribution in [0.25, 0.3) is 0 Å². The Morgan fingerprint density at radius 3 is 2.11 bits per heavy atom. The van der Waals surface area contributed by atoms with Crippen LogP contribution in [0.3, 0.4) is 0 Å². The van der Waals surface area contributed by atoms with Gasteiger partial charge in [0.2, 0.25) is 0 Å². The molecule has 3 N–H and O–H groups in total. The zero-order valence-electron chi connectivity index (χ0n) is 26.9. The summed E-state index contributed by atoms with van der Waals surface area (Å²) in [6, 6.07) is 20.1. The Morgan fingerprint density at radius 2 is 1.55 bits per heavy atom. The van der Waals surface area contributed by atoms with Crippen molar-refractivity contribution in [3.8, 4) is 11.5 Å². The quantitative estimate of drug-likeness (QED) is 0.144. The third-order valence-electron chi connectivity index (χ3n) is 8.98. The van der Waals surface area contributed by atoms with E-state index in [1.54, 1.807) is 44.2 Å². The molecule has 5 rings (SSSR count). The number of non-ortho nitro benzene ring substituents is 1. The number of allylic oxidation sites excluding steroid dienone is 2. The van der Waals surface area contributed by atoms with E-state index in [0.29, 0.717) is 43.0 Å². The number of rotatable bonds is 10. The van der Waals surface area contributed by atoms with E-state index in [2.05, 4.69) is 10.2 Å². The summed E-state index contributed by atoms with van der Waals surface area (Å²) in [5.41, 5.74) is 2.82. The van der Waals surface area contributed by atoms with Gasteiger partial charge in [-0.2, -0.15) is 0 Å². The molecule has 11 nitrogen and oxygen atoms in total. The molecule has 0 aromatic heterocycles. The van der Waals surface area contributed by atoms with Gasteiger partial charge in [0.25, 0.3) is 5.69 Å². The number of benzene rings is 3. The molecule has 2 unspecified atom stereocenters. The van der Waals surface area contributed by atoms with E-state index in [0.717, 1.165) is 17.5 Å². The van der Waals surface area contributed by atoms with E-state index in [1.165, 1.54) is 25.3 Å². The van der Waals surface area contributed by atoms with E-state index < -0.39 is 28.4 Å². The van der Waals surface area contributed by atoms with Crippen molar-refractivity contribution in [2.24, 2.45) is 0 Å². The van der Waals surface area contributed by atoms with Crippen molar-refractivity contribution >= 4 is 17.6 Å². The highest BCUT2D eigenvalue weighted by Gasteiger charge is 2.43. The van der Waals surface area contributed by atoms with Gasteiger partial charge in [-0.3, -0.25) is 15.0 Å². The number of aromatic hydroxyl groups is 2. The Morgan fingerprint density at radius 1 is 0.979 bits per heavy atom. The Balaban J connectivity index is 1.35. The number of nitrogens with zero attached hydrogens (tertiary/aromatic N) is 2. The van der Waals surface area contributed by atoms with E-state index in [4.69, 9.17) is 9.47 Å². The zero-order valence-corrected chi connectivity index (χ0v) is 26.9. The maximum atomic E-state index is 14.0. The molecule has 47 heavy (non-hydrogen) atoms. The average molecular weight is 642 g/mol. The third kappa shape index (κ3) is 7.30. The lowest BCUT2D eigenvalue weighted by molar-refractivity contribution is -0.384. The van der Waals surface area contributed by atoms with Crippen LogP contribution in [0.5, 0.6) is 11.5 Å². The Kier molecular flexibility index (Phi) is 9.67. The minimum Gasteiger partial charge on any atom is -0.508 e. The maximum absolute atomic E-state index is 14.0. The molecule has 0 aliphatic carbocycles. The predicted octanol–water partition coefficient (Wildman–Crippen LogP) is 5.64. The Bertz CT molecular complexity index is 1690. The zero-order chi connectivity index (χ0) is 33.9. The number of phenolic OH excluding ortho intramolecular Hbond substituents is 2. The SMILES string of the molecule is COC(=O)C1=C(C)NC(C)=C(C(=O)OC2(C)CCN(CCC(c3ccc(O)cc3)c3ccc(O)cc3)C2)C1c1cccc([N+](=O)[O-])c1. The van der Waals surface area contributed by atoms with Crippen LogP contribution in [0.15, 0.2) is 95.3 Å². The van der Waals surface area contributed by atoms with Gasteiger partial charge in [-0.25, -0.2) is 9.59 Å². The number of likely N-dealkylation sites (tertiary alicyclic amines) is 1. The first-order chi connectivity index (χ1) is 22.4. The van der Waals surface area contributed by atoms with E-state index >= 15 is 0 Å². The number of dihydropyridines is 1. The molecule has 0 amide bonds. The van der Waals surface area contributed by atoms with E-state index in [-0.39, 0.29) is 34.3 Å². The highest BCUT2D eigenvalue weighted by atomic mass is 16.6. The minimum atomic E-state index is -0.936. The highest BCUT2D eigenvalue weighted by Crippen LogP contribution is 2.41. The number of nitro groups is 1. The van der Waals surface area contributed by atoms with Crippen molar-refractivity contribution in [2.45, 2.75) is 51.0 Å². The van der Waals surface area contributed by atoms with Crippen LogP contribution in [0.1, 0.15) is 62.1 Å². The first kappa shape index (κ1) is 33.2. The molecule has 1 fully saturated rings. The first-order valence-electron chi connectivity index (χ1n) is 15.4. The number of nitro benzene ring substituents is 1. The number of nitrogens with one attached hydrogen (secondary N) is 1. The molecule has 2 aliphatic rings. The number of hydrogen-bond acceptors (Lipinski definition) is 10. The summed E-state index contributed by atoms with van der Waals surface area (Å²) in [5, 5.41) is 34.4. The molecule has 2 aliphatic heterocycles. The number of esters is 2. The minimum absolute atomic E-state index is 0.00850. The second-order valence-corrected chi connectivity index (χ2v) is 12.4. The molecule has 246 valence electrons. The second-order valence-electron chi connectivity index (χ2n) is 12.4. The van der Waals surface area contributed by atoms with E-state index in [9.17, 15) is 29.9 Å². The van der Waals surface area contributed by atoms with Gasteiger partial charge >= 0.3 is 11.9 Å². The summed E-state index contributed by atoms with van der Waals surface area (Å²) in [6.07, 6.45) is 1.33. The lowest BCUT2D eigenvalue weighted by Gasteiger charge is -2.33. The van der Waals surface area contributed by atoms with Crippen LogP contribution in [-0.4, -0.2) is 64.3 Å². The molecule has 0 spiro atoms. The summed E-state index contributed by atoms with van der Waals surface area (Å²) < 4.78 is 11.3. The molecule has 0 saturated carbocycles. The number of carbonyl (C=O) groups is 2. The van der Waals surface area contributed by atoms with Gasteiger partial charge in [-0.05, 0) is 74.7 Å². The lowest BCUT2D eigenvalue weighted by Crippen LogP contribution is -2.39. The van der Waals surface area contributed by atoms with Gasteiger partial charge in [-0.1, -0.05) is 36.4 Å². The van der Waals surface area contributed by atoms with E-state index in [1.807, 2.05) is 31.2 Å². The number of phenols is 2. The van der Waals surface area contributed by atoms with Gasteiger partial charge in [-0.15, -0.1) is 0 Å². The lowest BCUT2D eigenvalue weighted by atomic mass is 9.80. The molecule has 0 bridgehead atoms. The molecule has 1 saturated heterocycles. The van der Waals surface area contributed by atoms with Crippen molar-refractivity contribution in [1.29, 1.82) is 0 Å². The molecule has 2 atom stereocenters. The van der Waals surface area contributed by atoms with Crippen LogP contribution in [-0.2, 0) is 19.1 Å². The van der Waals surface area contributed by atoms with Gasteiger partial charge in [0.1, 0.15) is 17.1 Å². The third-order valence-corrected chi connectivity index (χ3v) is 8.98. The largest absolute Gasteiger partial charge is 0.508 e. The standard InChI is InChI=1S/C36H39N3O8/c1-22-31(34(42)46-4)33(26-6-5-7-27(20-26)39(44)45)32(23(2)37-22)35(43)47-36(3)17-19-38(21-36)18-16-30(24-8-12-28(40)13-9-24)25-10-14-29(41)15-11-25/h5-15,20,30,33,37,40-41H,16-19,21H2,1-4H3. The topological polar surface area (TPSA) is 151 Å². The van der Waals surface area contributed by atoms with Crippen molar-refractivity contribution < 1.29 is 34.2 Å². The molecule has 2 heterocycles. The number of ether oxygens (including phenoxy) is 2. The normalized spacial score (nSPS) is 19.9. The number of carbonyl (C=O) groups excluding carboxylic acids is 2. The fraction of sp³-hybridized carbons (Fsp3) is 0.333. The number of hydrogen-bond donors (Lipinski definition) is 3. The summed E-state index contributed by atoms with van der Waals surface area (Å²) in [4.78, 5) is 40.4. The van der Waals surface area contributed by atoms with Gasteiger partial charge < -0.3 is 25.0 Å². The Labute approximate surface area is 273 Å². The molecule has 0 radical (unpaired) electrons. The van der Waals surface area contributed by atoms with Crippen molar-refractivity contribution in [2.75, 3.05) is 26.7 Å². The second kappa shape index (κ2) is 13.7. The fourth-order valence-electron chi connectivity index (χ4n) is 6.63. The van der Waals surface area contributed by atoms with Crippen LogP contribution >= 0.6 is 0 Å². The average Bonchev–Trinajstić information content (AvgIpc) is 3.41. The van der Waals surface area contributed by atoms with Gasteiger partial charge in [0.15, 0.2) is 0 Å². The molecular formula is C36H39N3O8. The molecule has 3 aromatic rings. The van der Waals surface area contributed by atoms with Crippen molar-refractivity contribution in [3.05, 3.63) is 122 Å². The van der Waals surface area contributed by atoms with Crippen LogP contribution in [0.2, 0.25) is 0 Å². The summed E-state index contributed by atoms with van der Waals surface area (Å²) >= 11 is 0. The summed E-state index contributed by atoms with van der Waals surface area (Å²) in [7, 11) is 1.25. The molecule has 3 aromatic carbocycles. The predicted molar refractivity (Wildman–Crippen MR) is 175 cm³/mol. The Hall–Kier alpha value is -5.16. The summed E-state index contributed by atoms with van der Waals surface area (Å²) in [5.74, 6) is -1.82. The number of methoxy groups -OCH3 is 1. The van der Waals surface area contributed by atoms with Crippen LogP contribution < -0.4 is 5.32 Å². The first-order valence-corrected chi connectivity index (χ1v) is 15.4. The van der Waals surface area contributed by atoms with Crippen molar-refractivity contribution in [3.63, 3.8) is 0 Å². The smallest absolute Gasteiger partial charge is 0.337 e. The highest BCUT2D eigenvalue weighted by molar-refractivity contribution is 6.00. The monoisotopic (exact) mass is 641 g/mol. The van der Waals surface area contributed by atoms with Crippen LogP contribution in [0.4, 0.5) is 5.69 Å². The fourth-order valence-corrected chi connectivity index (χ4v) is 6.63. The maximum Gasteiger partial charge on any atom is 0.337 e. The molecule has 11 heteroatoms. The van der Waals surface area contributed by atoms with Crippen molar-refractivity contribution in [1.82, 2.24) is 10.2 Å².